The fraction of sp³-hybridized carbons (Fsp3) is 0.500. The number of hydrogen-bond donors (Lipinski definition) is 1. The molecule has 0 atom stereocenters. The number of aromatic nitrogens is 2. The van der Waals surface area contributed by atoms with Gasteiger partial charge in [-0.25, -0.2) is 9.97 Å². The highest BCUT2D eigenvalue weighted by atomic mass is 16.5. The number of nitrogen functional groups attached to an aromatic ring is 1. The minimum Gasteiger partial charge on any atom is -0.374 e. The van der Waals surface area contributed by atoms with Crippen LogP contribution in [0.15, 0.2) is 12.4 Å². The first-order valence-corrected chi connectivity index (χ1v) is 3.86. The Morgan fingerprint density at radius 3 is 2.50 bits per heavy atom. The largest absolute Gasteiger partial charge is 0.374 e. The molecule has 0 aliphatic heterocycles. The van der Waals surface area contributed by atoms with Crippen LogP contribution in [0, 0.1) is 0 Å². The van der Waals surface area contributed by atoms with E-state index in [1.807, 2.05) is 13.8 Å². The van der Waals surface area contributed by atoms with E-state index in [1.54, 1.807) is 12.4 Å². The van der Waals surface area contributed by atoms with E-state index in [-0.39, 0.29) is 6.10 Å². The molecule has 0 radical (unpaired) electrons. The van der Waals surface area contributed by atoms with Gasteiger partial charge in [-0.1, -0.05) is 0 Å². The minimum atomic E-state index is 0.225. The van der Waals surface area contributed by atoms with E-state index in [0.717, 1.165) is 5.56 Å². The van der Waals surface area contributed by atoms with Gasteiger partial charge in [-0.15, -0.1) is 0 Å². The van der Waals surface area contributed by atoms with Crippen molar-refractivity contribution >= 4 is 5.95 Å². The lowest BCUT2D eigenvalue weighted by molar-refractivity contribution is 0.0654. The lowest BCUT2D eigenvalue weighted by Gasteiger charge is -2.06. The molecule has 1 rings (SSSR count). The Morgan fingerprint density at radius 1 is 1.42 bits per heavy atom. The summed E-state index contributed by atoms with van der Waals surface area (Å²) in [6.45, 7) is 4.51. The van der Waals surface area contributed by atoms with Crippen LogP contribution in [-0.2, 0) is 11.3 Å². The summed E-state index contributed by atoms with van der Waals surface area (Å²) in [7, 11) is 0. The molecule has 2 N–H and O–H groups in total. The zero-order valence-corrected chi connectivity index (χ0v) is 7.32. The first-order chi connectivity index (χ1) is 5.68. The lowest BCUT2D eigenvalue weighted by Crippen LogP contribution is -2.03. The van der Waals surface area contributed by atoms with Crippen LogP contribution in [0.1, 0.15) is 19.4 Å². The molecule has 4 nitrogen and oxygen atoms in total. The Morgan fingerprint density at radius 2 is 2.00 bits per heavy atom. The van der Waals surface area contributed by atoms with Gasteiger partial charge >= 0.3 is 0 Å². The van der Waals surface area contributed by atoms with Crippen molar-refractivity contribution < 1.29 is 4.74 Å². The van der Waals surface area contributed by atoms with E-state index in [2.05, 4.69) is 9.97 Å². The van der Waals surface area contributed by atoms with E-state index >= 15 is 0 Å². The molecule has 4 heteroatoms. The average molecular weight is 167 g/mol. The number of rotatable bonds is 3. The van der Waals surface area contributed by atoms with Gasteiger partial charge in [-0.2, -0.15) is 0 Å². The molecule has 1 aromatic heterocycles. The molecule has 0 aromatic carbocycles. The topological polar surface area (TPSA) is 61.0 Å². The zero-order chi connectivity index (χ0) is 8.97. The predicted molar refractivity (Wildman–Crippen MR) is 46.4 cm³/mol. The molecule has 0 unspecified atom stereocenters. The maximum absolute atomic E-state index is 5.35. The lowest BCUT2D eigenvalue weighted by atomic mass is 10.3. The highest BCUT2D eigenvalue weighted by molar-refractivity contribution is 5.16. The summed E-state index contributed by atoms with van der Waals surface area (Å²) >= 11 is 0. The molecule has 0 fully saturated rings. The van der Waals surface area contributed by atoms with Crippen LogP contribution in [0.25, 0.3) is 0 Å². The molecule has 0 bridgehead atoms. The Labute approximate surface area is 71.8 Å². The van der Waals surface area contributed by atoms with E-state index in [4.69, 9.17) is 10.5 Å². The van der Waals surface area contributed by atoms with E-state index in [0.29, 0.717) is 12.6 Å². The Kier molecular flexibility index (Phi) is 2.99. The third-order valence-corrected chi connectivity index (χ3v) is 1.31. The fourth-order valence-electron chi connectivity index (χ4n) is 0.702. The van der Waals surface area contributed by atoms with Crippen molar-refractivity contribution in [1.29, 1.82) is 0 Å². The second-order valence-corrected chi connectivity index (χ2v) is 2.81. The Hall–Kier alpha value is -1.16. The van der Waals surface area contributed by atoms with E-state index in [1.165, 1.54) is 0 Å². The van der Waals surface area contributed by atoms with Crippen molar-refractivity contribution in [2.45, 2.75) is 26.6 Å². The van der Waals surface area contributed by atoms with Gasteiger partial charge < -0.3 is 10.5 Å². The number of hydrogen-bond acceptors (Lipinski definition) is 4. The molecule has 0 saturated heterocycles. The molecule has 1 aromatic rings. The summed E-state index contributed by atoms with van der Waals surface area (Å²) in [6, 6.07) is 0. The second-order valence-electron chi connectivity index (χ2n) is 2.81. The molecule has 0 aliphatic rings. The summed E-state index contributed by atoms with van der Waals surface area (Å²) in [5, 5.41) is 0. The van der Waals surface area contributed by atoms with Crippen molar-refractivity contribution in [3.05, 3.63) is 18.0 Å². The Bertz CT molecular complexity index is 233. The molecular weight excluding hydrogens is 154 g/mol. The maximum atomic E-state index is 5.35. The van der Waals surface area contributed by atoms with Gasteiger partial charge in [-0.3, -0.25) is 0 Å². The Balaban J connectivity index is 2.48. The van der Waals surface area contributed by atoms with Crippen LogP contribution >= 0.6 is 0 Å². The SMILES string of the molecule is CC(C)OCc1cnc(N)nc1. The average Bonchev–Trinajstić information content (AvgIpc) is 2.03. The second kappa shape index (κ2) is 4.01. The van der Waals surface area contributed by atoms with Gasteiger partial charge in [0.25, 0.3) is 0 Å². The van der Waals surface area contributed by atoms with Crippen LogP contribution in [0.3, 0.4) is 0 Å². The molecule has 0 aliphatic carbocycles. The van der Waals surface area contributed by atoms with Crippen LogP contribution in [-0.4, -0.2) is 16.1 Å². The summed E-state index contributed by atoms with van der Waals surface area (Å²) in [5.74, 6) is 0.295. The molecule has 0 saturated carbocycles. The first-order valence-electron chi connectivity index (χ1n) is 3.86. The number of anilines is 1. The van der Waals surface area contributed by atoms with Crippen LogP contribution < -0.4 is 5.73 Å². The standard InChI is InChI=1S/C8H13N3O/c1-6(2)12-5-7-3-10-8(9)11-4-7/h3-4,6H,5H2,1-2H3,(H2,9,10,11). The highest BCUT2D eigenvalue weighted by Gasteiger charge is 1.96. The van der Waals surface area contributed by atoms with Gasteiger partial charge in [0, 0.05) is 18.0 Å². The van der Waals surface area contributed by atoms with Crippen LogP contribution in [0.4, 0.5) is 5.95 Å². The molecule has 0 amide bonds. The summed E-state index contributed by atoms with van der Waals surface area (Å²) in [4.78, 5) is 7.69. The smallest absolute Gasteiger partial charge is 0.219 e. The van der Waals surface area contributed by atoms with Crippen molar-refractivity contribution in [3.63, 3.8) is 0 Å². The van der Waals surface area contributed by atoms with E-state index < -0.39 is 0 Å². The van der Waals surface area contributed by atoms with Gasteiger partial charge in [0.1, 0.15) is 0 Å². The molecule has 66 valence electrons. The third-order valence-electron chi connectivity index (χ3n) is 1.31. The minimum absolute atomic E-state index is 0.225. The van der Waals surface area contributed by atoms with Crippen LogP contribution in [0.5, 0.6) is 0 Å². The van der Waals surface area contributed by atoms with Crippen LogP contribution in [0.2, 0.25) is 0 Å². The third kappa shape index (κ3) is 2.84. The summed E-state index contributed by atoms with van der Waals surface area (Å²) < 4.78 is 5.35. The first kappa shape index (κ1) is 8.93. The van der Waals surface area contributed by atoms with Crippen molar-refractivity contribution in [1.82, 2.24) is 9.97 Å². The zero-order valence-electron chi connectivity index (χ0n) is 7.32. The maximum Gasteiger partial charge on any atom is 0.219 e. The molecule has 12 heavy (non-hydrogen) atoms. The quantitative estimate of drug-likeness (QED) is 0.729. The van der Waals surface area contributed by atoms with Crippen molar-refractivity contribution in [2.75, 3.05) is 5.73 Å². The normalized spacial score (nSPS) is 10.6. The summed E-state index contributed by atoms with van der Waals surface area (Å²) in [5.41, 5.74) is 6.26. The van der Waals surface area contributed by atoms with Crippen molar-refractivity contribution in [3.8, 4) is 0 Å². The van der Waals surface area contributed by atoms with Gasteiger partial charge in [0.05, 0.1) is 12.7 Å². The van der Waals surface area contributed by atoms with Gasteiger partial charge in [-0.05, 0) is 13.8 Å². The van der Waals surface area contributed by atoms with Crippen molar-refractivity contribution in [2.24, 2.45) is 0 Å². The number of nitrogens with two attached hydrogens (primary N) is 1. The molecule has 0 spiro atoms. The fourth-order valence-corrected chi connectivity index (χ4v) is 0.702. The number of ether oxygens (including phenoxy) is 1. The molecule has 1 heterocycles. The highest BCUT2D eigenvalue weighted by Crippen LogP contribution is 2.01. The summed E-state index contributed by atoms with van der Waals surface area (Å²) in [6.07, 6.45) is 3.57. The molecular formula is C8H13N3O. The van der Waals surface area contributed by atoms with Gasteiger partial charge in [0.15, 0.2) is 0 Å². The van der Waals surface area contributed by atoms with Gasteiger partial charge in [0.2, 0.25) is 5.95 Å². The number of nitrogens with zero attached hydrogens (tertiary/aromatic N) is 2. The van der Waals surface area contributed by atoms with E-state index in [9.17, 15) is 0 Å². The monoisotopic (exact) mass is 167 g/mol. The predicted octanol–water partition coefficient (Wildman–Crippen LogP) is 0.984.